The monoisotopic (exact) mass is 239 g/mol. The van der Waals surface area contributed by atoms with Gasteiger partial charge in [0.25, 0.3) is 0 Å². The van der Waals surface area contributed by atoms with Crippen LogP contribution in [0.4, 0.5) is 8.78 Å². The van der Waals surface area contributed by atoms with Crippen LogP contribution in [0.1, 0.15) is 18.4 Å². The smallest absolute Gasteiger partial charge is 0.221 e. The minimum absolute atomic E-state index is 0.103. The number of carbonyl (C=O) groups is 2. The molecule has 1 aromatic carbocycles. The van der Waals surface area contributed by atoms with Gasteiger partial charge in [-0.25, -0.2) is 8.78 Å². The molecule has 5 heteroatoms. The Balaban J connectivity index is 2.13. The molecule has 0 unspecified atom stereocenters. The maximum absolute atomic E-state index is 12.9. The van der Waals surface area contributed by atoms with E-state index in [-0.39, 0.29) is 31.0 Å². The van der Waals surface area contributed by atoms with Gasteiger partial charge in [0.05, 0.1) is 6.04 Å². The van der Waals surface area contributed by atoms with Crippen molar-refractivity contribution in [3.8, 4) is 0 Å². The summed E-state index contributed by atoms with van der Waals surface area (Å²) >= 11 is 0. The number of nitrogens with one attached hydrogen (secondary N) is 1. The number of hydrogen-bond acceptors (Lipinski definition) is 2. The predicted molar refractivity (Wildman–Crippen MR) is 56.2 cm³/mol. The van der Waals surface area contributed by atoms with Crippen LogP contribution in [0.15, 0.2) is 18.2 Å². The van der Waals surface area contributed by atoms with Crippen molar-refractivity contribution in [3.05, 3.63) is 35.4 Å². The number of piperidine rings is 1. The van der Waals surface area contributed by atoms with Gasteiger partial charge in [-0.3, -0.25) is 9.59 Å². The predicted octanol–water partition coefficient (Wildman–Crippen LogP) is 1.36. The highest BCUT2D eigenvalue weighted by atomic mass is 19.1. The van der Waals surface area contributed by atoms with Crippen molar-refractivity contribution >= 4 is 11.7 Å². The van der Waals surface area contributed by atoms with Gasteiger partial charge in [0.2, 0.25) is 5.91 Å². The molecule has 0 radical (unpaired) electrons. The molecule has 0 bridgehead atoms. The van der Waals surface area contributed by atoms with Gasteiger partial charge < -0.3 is 5.32 Å². The first-order valence-electron chi connectivity index (χ1n) is 5.31. The molecule has 0 aromatic heterocycles. The summed E-state index contributed by atoms with van der Waals surface area (Å²) < 4.78 is 25.9. The lowest BCUT2D eigenvalue weighted by atomic mass is 9.96. The average Bonchev–Trinajstić information content (AvgIpc) is 2.22. The molecule has 3 nitrogen and oxygen atoms in total. The second kappa shape index (κ2) is 4.61. The molecule has 1 aliphatic rings. The summed E-state index contributed by atoms with van der Waals surface area (Å²) in [6.07, 6.45) is 0.500. The quantitative estimate of drug-likeness (QED) is 0.846. The van der Waals surface area contributed by atoms with Crippen LogP contribution in [-0.4, -0.2) is 17.7 Å². The van der Waals surface area contributed by atoms with Gasteiger partial charge in [0, 0.05) is 18.9 Å². The van der Waals surface area contributed by atoms with Crippen LogP contribution in [-0.2, 0) is 16.0 Å². The van der Waals surface area contributed by atoms with Gasteiger partial charge in [-0.1, -0.05) is 0 Å². The van der Waals surface area contributed by atoms with E-state index < -0.39 is 17.7 Å². The number of Topliss-reactive ketones (excluding diaryl/α,β-unsaturated/α-hetero) is 1. The van der Waals surface area contributed by atoms with Crippen LogP contribution in [0.2, 0.25) is 0 Å². The summed E-state index contributed by atoms with van der Waals surface area (Å²) in [5, 5.41) is 2.52. The lowest BCUT2D eigenvalue weighted by Crippen LogP contribution is -2.46. The Morgan fingerprint density at radius 1 is 1.12 bits per heavy atom. The van der Waals surface area contributed by atoms with E-state index in [1.165, 1.54) is 0 Å². The van der Waals surface area contributed by atoms with Gasteiger partial charge >= 0.3 is 0 Å². The fraction of sp³-hybridized carbons (Fsp3) is 0.333. The van der Waals surface area contributed by atoms with E-state index in [2.05, 4.69) is 5.32 Å². The number of benzene rings is 1. The van der Waals surface area contributed by atoms with E-state index >= 15 is 0 Å². The Labute approximate surface area is 96.8 Å². The first-order chi connectivity index (χ1) is 8.04. The Kier molecular flexibility index (Phi) is 3.17. The van der Waals surface area contributed by atoms with Crippen LogP contribution in [0.5, 0.6) is 0 Å². The Hall–Kier alpha value is -1.78. The molecule has 1 aromatic rings. The molecule has 0 saturated carbocycles. The third-order valence-corrected chi connectivity index (χ3v) is 2.68. The molecule has 1 saturated heterocycles. The molecule has 1 atom stereocenters. The molecule has 90 valence electrons. The zero-order valence-corrected chi connectivity index (χ0v) is 9.00. The van der Waals surface area contributed by atoms with Crippen LogP contribution in [0, 0.1) is 11.6 Å². The maximum Gasteiger partial charge on any atom is 0.221 e. The lowest BCUT2D eigenvalue weighted by Gasteiger charge is -2.22. The number of amides is 1. The molecule has 2 rings (SSSR count). The number of hydrogen-bond donors (Lipinski definition) is 1. The van der Waals surface area contributed by atoms with Crippen LogP contribution < -0.4 is 5.32 Å². The normalized spacial score (nSPS) is 20.2. The van der Waals surface area contributed by atoms with Crippen molar-refractivity contribution in [1.29, 1.82) is 0 Å². The molecule has 0 spiro atoms. The van der Waals surface area contributed by atoms with Crippen molar-refractivity contribution in [3.63, 3.8) is 0 Å². The van der Waals surface area contributed by atoms with Gasteiger partial charge in [0.1, 0.15) is 11.6 Å². The Morgan fingerprint density at radius 2 is 1.76 bits per heavy atom. The number of ketones is 1. The molecule has 17 heavy (non-hydrogen) atoms. The topological polar surface area (TPSA) is 46.2 Å². The molecular formula is C12H11F2NO2. The molecule has 1 fully saturated rings. The van der Waals surface area contributed by atoms with Crippen molar-refractivity contribution in [2.24, 2.45) is 0 Å². The second-order valence-corrected chi connectivity index (χ2v) is 4.07. The van der Waals surface area contributed by atoms with Crippen molar-refractivity contribution in [2.45, 2.75) is 25.3 Å². The van der Waals surface area contributed by atoms with Crippen LogP contribution in [0.25, 0.3) is 0 Å². The lowest BCUT2D eigenvalue weighted by molar-refractivity contribution is -0.132. The average molecular weight is 239 g/mol. The third-order valence-electron chi connectivity index (χ3n) is 2.68. The zero-order valence-electron chi connectivity index (χ0n) is 9.00. The van der Waals surface area contributed by atoms with Gasteiger partial charge in [-0.15, -0.1) is 0 Å². The summed E-state index contributed by atoms with van der Waals surface area (Å²) in [7, 11) is 0. The second-order valence-electron chi connectivity index (χ2n) is 4.07. The van der Waals surface area contributed by atoms with E-state index in [0.717, 1.165) is 18.2 Å². The zero-order chi connectivity index (χ0) is 12.4. The minimum atomic E-state index is -0.686. The number of halogens is 2. The summed E-state index contributed by atoms with van der Waals surface area (Å²) in [6.45, 7) is 0. The molecular weight excluding hydrogens is 228 g/mol. The fourth-order valence-electron chi connectivity index (χ4n) is 1.89. The minimum Gasteiger partial charge on any atom is -0.346 e. The molecule has 0 aliphatic carbocycles. The van der Waals surface area contributed by atoms with Crippen LogP contribution in [0.3, 0.4) is 0 Å². The Bertz CT molecular complexity index is 453. The van der Waals surface area contributed by atoms with Crippen molar-refractivity contribution in [1.82, 2.24) is 5.32 Å². The number of rotatable bonds is 2. The summed E-state index contributed by atoms with van der Waals surface area (Å²) in [6, 6.07) is 2.43. The van der Waals surface area contributed by atoms with Crippen molar-refractivity contribution in [2.75, 3.05) is 0 Å². The first kappa shape index (κ1) is 11.7. The summed E-state index contributed by atoms with van der Waals surface area (Å²) in [5.41, 5.74) is 0.364. The van der Waals surface area contributed by atoms with Gasteiger partial charge in [0.15, 0.2) is 5.78 Å². The SMILES string of the molecule is O=C1CCC(=O)[C@@H](Cc2cc(F)cc(F)c2)N1. The van der Waals surface area contributed by atoms with E-state index in [0.29, 0.717) is 5.56 Å². The van der Waals surface area contributed by atoms with E-state index in [1.54, 1.807) is 0 Å². The van der Waals surface area contributed by atoms with Gasteiger partial charge in [-0.05, 0) is 24.1 Å². The van der Waals surface area contributed by atoms with E-state index in [4.69, 9.17) is 0 Å². The molecule has 1 heterocycles. The summed E-state index contributed by atoms with van der Waals surface area (Å²) in [4.78, 5) is 22.6. The highest BCUT2D eigenvalue weighted by molar-refractivity contribution is 5.95. The molecule has 1 amide bonds. The van der Waals surface area contributed by atoms with Crippen molar-refractivity contribution < 1.29 is 18.4 Å². The third kappa shape index (κ3) is 2.87. The first-order valence-corrected chi connectivity index (χ1v) is 5.31. The highest BCUT2D eigenvalue weighted by Gasteiger charge is 2.26. The van der Waals surface area contributed by atoms with Gasteiger partial charge in [-0.2, -0.15) is 0 Å². The Morgan fingerprint density at radius 3 is 2.41 bits per heavy atom. The van der Waals surface area contributed by atoms with E-state index in [9.17, 15) is 18.4 Å². The van der Waals surface area contributed by atoms with E-state index in [1.807, 2.05) is 0 Å². The fourth-order valence-corrected chi connectivity index (χ4v) is 1.89. The maximum atomic E-state index is 12.9. The molecule has 1 aliphatic heterocycles. The molecule has 1 N–H and O–H groups in total. The van der Waals surface area contributed by atoms with Crippen LogP contribution >= 0.6 is 0 Å². The number of carbonyl (C=O) groups excluding carboxylic acids is 2. The highest BCUT2D eigenvalue weighted by Crippen LogP contribution is 2.13. The summed E-state index contributed by atoms with van der Waals surface area (Å²) in [5.74, 6) is -1.68. The standard InChI is InChI=1S/C12H11F2NO2/c13-8-3-7(4-9(14)6-8)5-10-11(16)1-2-12(17)15-10/h3-4,6,10H,1-2,5H2,(H,15,17)/t10-/m1/s1. The largest absolute Gasteiger partial charge is 0.346 e.